The number of hydrogen-bond acceptors (Lipinski definition) is 3. The van der Waals surface area contributed by atoms with Crippen molar-refractivity contribution in [3.8, 4) is 6.07 Å². The van der Waals surface area contributed by atoms with E-state index in [1.807, 2.05) is 24.3 Å². The van der Waals surface area contributed by atoms with Crippen molar-refractivity contribution in [3.05, 3.63) is 29.8 Å². The molecule has 1 N–H and O–H groups in total. The number of aliphatic hydroxyl groups is 1. The molecule has 1 heterocycles. The van der Waals surface area contributed by atoms with E-state index in [1.54, 1.807) is 4.90 Å². The summed E-state index contributed by atoms with van der Waals surface area (Å²) in [7, 11) is 0. The average molecular weight is 216 g/mol. The monoisotopic (exact) mass is 216 g/mol. The van der Waals surface area contributed by atoms with Crippen LogP contribution in [0.4, 0.5) is 5.69 Å². The van der Waals surface area contributed by atoms with Crippen molar-refractivity contribution in [1.82, 2.24) is 0 Å². The first kappa shape index (κ1) is 10.7. The highest BCUT2D eigenvalue weighted by atomic mass is 16.3. The van der Waals surface area contributed by atoms with Gasteiger partial charge in [-0.1, -0.05) is 18.2 Å². The van der Waals surface area contributed by atoms with Crippen molar-refractivity contribution in [1.29, 1.82) is 5.26 Å². The predicted octanol–water partition coefficient (Wildman–Crippen LogP) is 0.850. The first-order valence-electron chi connectivity index (χ1n) is 5.15. The van der Waals surface area contributed by atoms with Crippen molar-refractivity contribution in [3.63, 3.8) is 0 Å². The predicted molar refractivity (Wildman–Crippen MR) is 58.7 cm³/mol. The smallest absolute Gasteiger partial charge is 0.229 e. The van der Waals surface area contributed by atoms with Crippen molar-refractivity contribution in [2.75, 3.05) is 11.4 Å². The second-order valence-electron chi connectivity index (χ2n) is 3.83. The summed E-state index contributed by atoms with van der Waals surface area (Å²) < 4.78 is 0. The van der Waals surface area contributed by atoms with Gasteiger partial charge in [0.25, 0.3) is 0 Å². The van der Waals surface area contributed by atoms with E-state index in [2.05, 4.69) is 6.07 Å². The van der Waals surface area contributed by atoms with E-state index in [-0.39, 0.29) is 18.7 Å². The van der Waals surface area contributed by atoms with Crippen LogP contribution in [0.1, 0.15) is 12.0 Å². The highest BCUT2D eigenvalue weighted by Crippen LogP contribution is 2.25. The van der Waals surface area contributed by atoms with E-state index < -0.39 is 6.10 Å². The number of para-hydroxylation sites is 1. The lowest BCUT2D eigenvalue weighted by atomic mass is 10.1. The molecule has 0 aromatic heterocycles. The van der Waals surface area contributed by atoms with Gasteiger partial charge in [-0.05, 0) is 11.6 Å². The third kappa shape index (κ3) is 1.90. The zero-order chi connectivity index (χ0) is 11.5. The summed E-state index contributed by atoms with van der Waals surface area (Å²) in [6.45, 7) is 0.321. The van der Waals surface area contributed by atoms with E-state index in [0.29, 0.717) is 6.54 Å². The Morgan fingerprint density at radius 3 is 2.88 bits per heavy atom. The summed E-state index contributed by atoms with van der Waals surface area (Å²) in [6, 6.07) is 9.38. The fraction of sp³-hybridized carbons (Fsp3) is 0.333. The number of β-amino-alcohol motifs (C(OH)–C–C–N with tert-alkyl or cyclic N) is 1. The zero-order valence-corrected chi connectivity index (χ0v) is 8.76. The van der Waals surface area contributed by atoms with Crippen molar-refractivity contribution in [2.45, 2.75) is 18.9 Å². The van der Waals surface area contributed by atoms with Gasteiger partial charge in [-0.15, -0.1) is 0 Å². The summed E-state index contributed by atoms with van der Waals surface area (Å²) >= 11 is 0. The Morgan fingerprint density at radius 2 is 2.25 bits per heavy atom. The number of hydrogen-bond donors (Lipinski definition) is 1. The average Bonchev–Trinajstić information content (AvgIpc) is 2.59. The highest BCUT2D eigenvalue weighted by molar-refractivity contribution is 5.96. The number of rotatable bonds is 2. The van der Waals surface area contributed by atoms with Crippen molar-refractivity contribution in [2.24, 2.45) is 0 Å². The molecule has 16 heavy (non-hydrogen) atoms. The molecule has 1 saturated heterocycles. The lowest BCUT2D eigenvalue weighted by molar-refractivity contribution is -0.117. The molecule has 1 aliphatic heterocycles. The van der Waals surface area contributed by atoms with Gasteiger partial charge in [0.2, 0.25) is 5.91 Å². The molecule has 0 aliphatic carbocycles. The van der Waals surface area contributed by atoms with Crippen LogP contribution in [0.25, 0.3) is 0 Å². The number of anilines is 1. The molecule has 0 radical (unpaired) electrons. The van der Waals surface area contributed by atoms with Crippen LogP contribution in [0, 0.1) is 11.3 Å². The lowest BCUT2D eigenvalue weighted by Crippen LogP contribution is -2.26. The maximum absolute atomic E-state index is 11.6. The van der Waals surface area contributed by atoms with Gasteiger partial charge in [-0.3, -0.25) is 4.79 Å². The minimum atomic E-state index is -0.595. The molecule has 82 valence electrons. The normalized spacial score (nSPS) is 19.9. The van der Waals surface area contributed by atoms with Crippen LogP contribution in [-0.4, -0.2) is 23.7 Å². The minimum absolute atomic E-state index is 0.0853. The molecular formula is C12H12N2O2. The van der Waals surface area contributed by atoms with Crippen molar-refractivity contribution < 1.29 is 9.90 Å². The first-order valence-corrected chi connectivity index (χ1v) is 5.15. The van der Waals surface area contributed by atoms with Crippen LogP contribution < -0.4 is 4.90 Å². The SMILES string of the molecule is N#CCc1ccccc1N1CC(O)CC1=O. The number of carbonyl (C=O) groups is 1. The topological polar surface area (TPSA) is 64.3 Å². The number of benzene rings is 1. The number of carbonyl (C=O) groups excluding carboxylic acids is 1. The quantitative estimate of drug-likeness (QED) is 0.797. The maximum Gasteiger partial charge on any atom is 0.229 e. The van der Waals surface area contributed by atoms with Crippen LogP contribution in [-0.2, 0) is 11.2 Å². The van der Waals surface area contributed by atoms with Gasteiger partial charge in [-0.2, -0.15) is 5.26 Å². The largest absolute Gasteiger partial charge is 0.391 e. The Labute approximate surface area is 93.7 Å². The van der Waals surface area contributed by atoms with Crippen LogP contribution in [0.3, 0.4) is 0 Å². The number of amides is 1. The van der Waals surface area contributed by atoms with E-state index in [4.69, 9.17) is 5.26 Å². The van der Waals surface area contributed by atoms with E-state index in [0.717, 1.165) is 11.3 Å². The highest BCUT2D eigenvalue weighted by Gasteiger charge is 2.29. The summed E-state index contributed by atoms with van der Waals surface area (Å²) in [4.78, 5) is 13.2. The van der Waals surface area contributed by atoms with Crippen LogP contribution in [0.15, 0.2) is 24.3 Å². The maximum atomic E-state index is 11.6. The molecule has 1 aromatic carbocycles. The molecule has 1 aliphatic rings. The third-order valence-corrected chi connectivity index (χ3v) is 2.66. The summed E-state index contributed by atoms with van der Waals surface area (Å²) in [5, 5.41) is 18.1. The zero-order valence-electron chi connectivity index (χ0n) is 8.76. The standard InChI is InChI=1S/C12H12N2O2/c13-6-5-9-3-1-2-4-11(9)14-8-10(15)7-12(14)16/h1-4,10,15H,5,7-8H2. The number of nitrogens with zero attached hydrogens (tertiary/aromatic N) is 2. The molecule has 1 fully saturated rings. The molecule has 0 bridgehead atoms. The van der Waals surface area contributed by atoms with E-state index in [9.17, 15) is 9.90 Å². The Bertz CT molecular complexity index is 451. The lowest BCUT2D eigenvalue weighted by Gasteiger charge is -2.18. The van der Waals surface area contributed by atoms with Crippen molar-refractivity contribution >= 4 is 11.6 Å². The molecule has 1 atom stereocenters. The molecule has 4 heteroatoms. The molecule has 1 unspecified atom stereocenters. The summed E-state index contributed by atoms with van der Waals surface area (Å²) in [5.41, 5.74) is 1.57. The molecular weight excluding hydrogens is 204 g/mol. The van der Waals surface area contributed by atoms with Crippen LogP contribution >= 0.6 is 0 Å². The summed E-state index contributed by atoms with van der Waals surface area (Å²) in [6.07, 6.45) is -0.153. The fourth-order valence-corrected chi connectivity index (χ4v) is 1.93. The van der Waals surface area contributed by atoms with E-state index in [1.165, 1.54) is 0 Å². The Hall–Kier alpha value is -1.86. The van der Waals surface area contributed by atoms with Gasteiger partial charge >= 0.3 is 0 Å². The second kappa shape index (κ2) is 4.33. The summed E-state index contributed by atoms with van der Waals surface area (Å²) in [5.74, 6) is -0.0853. The fourth-order valence-electron chi connectivity index (χ4n) is 1.93. The second-order valence-corrected chi connectivity index (χ2v) is 3.83. The van der Waals surface area contributed by atoms with E-state index >= 15 is 0 Å². The molecule has 1 aromatic rings. The van der Waals surface area contributed by atoms with Gasteiger partial charge in [0.15, 0.2) is 0 Å². The van der Waals surface area contributed by atoms with Gasteiger partial charge in [0, 0.05) is 5.69 Å². The Balaban J connectivity index is 2.33. The minimum Gasteiger partial charge on any atom is -0.391 e. The van der Waals surface area contributed by atoms with Gasteiger partial charge in [-0.25, -0.2) is 0 Å². The van der Waals surface area contributed by atoms with Gasteiger partial charge < -0.3 is 10.0 Å². The Kier molecular flexibility index (Phi) is 2.88. The molecule has 1 amide bonds. The Morgan fingerprint density at radius 1 is 1.50 bits per heavy atom. The van der Waals surface area contributed by atoms with Gasteiger partial charge in [0.1, 0.15) is 0 Å². The third-order valence-electron chi connectivity index (χ3n) is 2.66. The van der Waals surface area contributed by atoms with Crippen LogP contribution in [0.5, 0.6) is 0 Å². The van der Waals surface area contributed by atoms with Gasteiger partial charge in [0.05, 0.1) is 31.6 Å². The molecule has 4 nitrogen and oxygen atoms in total. The first-order chi connectivity index (χ1) is 7.72. The molecule has 0 spiro atoms. The molecule has 0 saturated carbocycles. The number of nitriles is 1. The number of aliphatic hydroxyl groups excluding tert-OH is 1. The molecule has 2 rings (SSSR count). The van der Waals surface area contributed by atoms with Crippen LogP contribution in [0.2, 0.25) is 0 Å².